The summed E-state index contributed by atoms with van der Waals surface area (Å²) in [5.74, 6) is 1.79. The predicted octanol–water partition coefficient (Wildman–Crippen LogP) is 3.12. The van der Waals surface area contributed by atoms with E-state index in [4.69, 9.17) is 19.2 Å². The lowest BCUT2D eigenvalue weighted by atomic mass is 10.2. The Kier molecular flexibility index (Phi) is 10.7. The molecule has 1 saturated carbocycles. The van der Waals surface area contributed by atoms with Gasteiger partial charge in [0.25, 0.3) is 0 Å². The molecule has 1 aromatic carbocycles. The lowest BCUT2D eigenvalue weighted by molar-refractivity contribution is 0.0698. The number of benzene rings is 1. The molecule has 2 N–H and O–H groups in total. The maximum absolute atomic E-state index is 6.21. The summed E-state index contributed by atoms with van der Waals surface area (Å²) in [6.07, 6.45) is 6.15. The van der Waals surface area contributed by atoms with E-state index >= 15 is 0 Å². The SMILES string of the molecule is CCNC(=NCc1ccccc1OC1CCCC1)NCCCOCCOC. The van der Waals surface area contributed by atoms with Crippen molar-refractivity contribution >= 4 is 5.96 Å². The van der Waals surface area contributed by atoms with Gasteiger partial charge in [-0.2, -0.15) is 0 Å². The fourth-order valence-electron chi connectivity index (χ4n) is 3.07. The molecular weight excluding hydrogens is 342 g/mol. The van der Waals surface area contributed by atoms with E-state index in [1.54, 1.807) is 7.11 Å². The minimum atomic E-state index is 0.361. The van der Waals surface area contributed by atoms with Gasteiger partial charge in [0.1, 0.15) is 5.75 Å². The van der Waals surface area contributed by atoms with Crippen LogP contribution in [0.15, 0.2) is 29.3 Å². The fourth-order valence-corrected chi connectivity index (χ4v) is 3.07. The summed E-state index contributed by atoms with van der Waals surface area (Å²) in [6.45, 7) is 6.32. The molecule has 1 aromatic rings. The third-order valence-electron chi connectivity index (χ3n) is 4.51. The van der Waals surface area contributed by atoms with Crippen molar-refractivity contribution in [3.05, 3.63) is 29.8 Å². The first-order valence-corrected chi connectivity index (χ1v) is 10.2. The van der Waals surface area contributed by atoms with Gasteiger partial charge in [-0.25, -0.2) is 4.99 Å². The van der Waals surface area contributed by atoms with Gasteiger partial charge in [-0.1, -0.05) is 18.2 Å². The quantitative estimate of drug-likeness (QED) is 0.333. The molecule has 0 radical (unpaired) electrons. The summed E-state index contributed by atoms with van der Waals surface area (Å²) >= 11 is 0. The zero-order chi connectivity index (χ0) is 19.2. The Morgan fingerprint density at radius 3 is 2.70 bits per heavy atom. The van der Waals surface area contributed by atoms with Crippen molar-refractivity contribution in [3.63, 3.8) is 0 Å². The zero-order valence-electron chi connectivity index (χ0n) is 16.8. The van der Waals surface area contributed by atoms with Gasteiger partial charge in [-0.05, 0) is 45.1 Å². The Bertz CT molecular complexity index is 545. The van der Waals surface area contributed by atoms with Crippen LogP contribution in [0, 0.1) is 0 Å². The highest BCUT2D eigenvalue weighted by Gasteiger charge is 2.17. The molecule has 0 atom stereocenters. The normalized spacial score (nSPS) is 15.1. The average Bonchev–Trinajstić information content (AvgIpc) is 3.19. The van der Waals surface area contributed by atoms with Crippen molar-refractivity contribution in [2.24, 2.45) is 4.99 Å². The monoisotopic (exact) mass is 377 g/mol. The molecule has 6 nitrogen and oxygen atoms in total. The molecule has 0 aliphatic heterocycles. The minimum Gasteiger partial charge on any atom is -0.490 e. The number of hydrogen-bond acceptors (Lipinski definition) is 4. The van der Waals surface area contributed by atoms with Crippen molar-refractivity contribution < 1.29 is 14.2 Å². The molecule has 1 fully saturated rings. The van der Waals surface area contributed by atoms with Crippen LogP contribution in [0.2, 0.25) is 0 Å². The molecule has 0 unspecified atom stereocenters. The number of hydrogen-bond donors (Lipinski definition) is 2. The van der Waals surface area contributed by atoms with E-state index in [2.05, 4.69) is 29.7 Å². The Hall–Kier alpha value is -1.79. The highest BCUT2D eigenvalue weighted by Crippen LogP contribution is 2.26. The first kappa shape index (κ1) is 21.5. The van der Waals surface area contributed by atoms with Crippen LogP contribution in [-0.2, 0) is 16.0 Å². The van der Waals surface area contributed by atoms with E-state index in [1.165, 1.54) is 12.8 Å². The second-order valence-corrected chi connectivity index (χ2v) is 6.71. The van der Waals surface area contributed by atoms with Gasteiger partial charge in [-0.3, -0.25) is 0 Å². The van der Waals surface area contributed by atoms with Crippen molar-refractivity contribution in [1.82, 2.24) is 10.6 Å². The number of nitrogens with zero attached hydrogens (tertiary/aromatic N) is 1. The smallest absolute Gasteiger partial charge is 0.191 e. The number of guanidine groups is 1. The van der Waals surface area contributed by atoms with Crippen LogP contribution in [-0.4, -0.2) is 52.1 Å². The maximum Gasteiger partial charge on any atom is 0.191 e. The Morgan fingerprint density at radius 1 is 1.11 bits per heavy atom. The summed E-state index contributed by atoms with van der Waals surface area (Å²) in [4.78, 5) is 4.72. The van der Waals surface area contributed by atoms with Crippen LogP contribution < -0.4 is 15.4 Å². The van der Waals surface area contributed by atoms with Gasteiger partial charge in [0.2, 0.25) is 0 Å². The van der Waals surface area contributed by atoms with Crippen molar-refractivity contribution in [2.75, 3.05) is 40.0 Å². The Balaban J connectivity index is 1.81. The van der Waals surface area contributed by atoms with E-state index in [0.29, 0.717) is 32.5 Å². The summed E-state index contributed by atoms with van der Waals surface area (Å²) < 4.78 is 16.7. The Labute approximate surface area is 163 Å². The highest BCUT2D eigenvalue weighted by molar-refractivity contribution is 5.79. The standard InChI is InChI=1S/C21H35N3O3/c1-3-22-21(23-13-8-14-26-16-15-25-2)24-17-18-9-4-7-12-20(18)27-19-10-5-6-11-19/h4,7,9,12,19H,3,5-6,8,10-11,13-17H2,1-2H3,(H2,22,23,24). The molecule has 0 heterocycles. The molecule has 0 aromatic heterocycles. The Morgan fingerprint density at radius 2 is 1.93 bits per heavy atom. The number of methoxy groups -OCH3 is 1. The summed E-state index contributed by atoms with van der Waals surface area (Å²) in [7, 11) is 1.68. The summed E-state index contributed by atoms with van der Waals surface area (Å²) in [5.41, 5.74) is 1.13. The largest absolute Gasteiger partial charge is 0.490 e. The molecule has 0 amide bonds. The second-order valence-electron chi connectivity index (χ2n) is 6.71. The third kappa shape index (κ3) is 8.63. The van der Waals surface area contributed by atoms with Crippen LogP contribution >= 0.6 is 0 Å². The van der Waals surface area contributed by atoms with E-state index in [0.717, 1.165) is 49.6 Å². The lowest BCUT2D eigenvalue weighted by Gasteiger charge is -2.16. The molecule has 152 valence electrons. The van der Waals surface area contributed by atoms with E-state index in [9.17, 15) is 0 Å². The lowest BCUT2D eigenvalue weighted by Crippen LogP contribution is -2.38. The molecule has 27 heavy (non-hydrogen) atoms. The van der Waals surface area contributed by atoms with Gasteiger partial charge in [0, 0.05) is 32.4 Å². The predicted molar refractivity (Wildman–Crippen MR) is 109 cm³/mol. The average molecular weight is 378 g/mol. The van der Waals surface area contributed by atoms with E-state index in [-0.39, 0.29) is 0 Å². The van der Waals surface area contributed by atoms with Crippen LogP contribution in [0.4, 0.5) is 0 Å². The van der Waals surface area contributed by atoms with Crippen molar-refractivity contribution in [3.8, 4) is 5.75 Å². The second kappa shape index (κ2) is 13.4. The number of aliphatic imine (C=N–C) groups is 1. The molecule has 0 spiro atoms. The van der Waals surface area contributed by atoms with Gasteiger partial charge in [0.15, 0.2) is 5.96 Å². The van der Waals surface area contributed by atoms with E-state index < -0.39 is 0 Å². The van der Waals surface area contributed by atoms with Gasteiger partial charge in [0.05, 0.1) is 25.9 Å². The minimum absolute atomic E-state index is 0.361. The zero-order valence-corrected chi connectivity index (χ0v) is 16.8. The number of rotatable bonds is 12. The van der Waals surface area contributed by atoms with Crippen LogP contribution in [0.3, 0.4) is 0 Å². The highest BCUT2D eigenvalue weighted by atomic mass is 16.5. The first-order chi connectivity index (χ1) is 13.3. The van der Waals surface area contributed by atoms with Gasteiger partial charge < -0.3 is 24.8 Å². The number of para-hydroxylation sites is 1. The molecule has 0 bridgehead atoms. The van der Waals surface area contributed by atoms with Crippen molar-refractivity contribution in [1.29, 1.82) is 0 Å². The molecule has 6 heteroatoms. The van der Waals surface area contributed by atoms with Crippen LogP contribution in [0.5, 0.6) is 5.75 Å². The maximum atomic E-state index is 6.21. The molecule has 1 aliphatic carbocycles. The fraction of sp³-hybridized carbons (Fsp3) is 0.667. The molecular formula is C21H35N3O3. The number of nitrogens with one attached hydrogen (secondary N) is 2. The first-order valence-electron chi connectivity index (χ1n) is 10.2. The topological polar surface area (TPSA) is 64.1 Å². The molecule has 2 rings (SSSR count). The van der Waals surface area contributed by atoms with E-state index in [1.807, 2.05) is 12.1 Å². The third-order valence-corrected chi connectivity index (χ3v) is 4.51. The van der Waals surface area contributed by atoms with Crippen molar-refractivity contribution in [2.45, 2.75) is 51.7 Å². The van der Waals surface area contributed by atoms with Gasteiger partial charge in [-0.15, -0.1) is 0 Å². The van der Waals surface area contributed by atoms with Crippen LogP contribution in [0.25, 0.3) is 0 Å². The van der Waals surface area contributed by atoms with Gasteiger partial charge >= 0.3 is 0 Å². The molecule has 0 saturated heterocycles. The summed E-state index contributed by atoms with van der Waals surface area (Å²) in [5, 5.41) is 6.66. The number of ether oxygens (including phenoxy) is 3. The summed E-state index contributed by atoms with van der Waals surface area (Å²) in [6, 6.07) is 8.23. The van der Waals surface area contributed by atoms with Crippen LogP contribution in [0.1, 0.15) is 44.6 Å². The molecule has 1 aliphatic rings.